The highest BCUT2D eigenvalue weighted by molar-refractivity contribution is 5.93. The lowest BCUT2D eigenvalue weighted by molar-refractivity contribution is -0.143. The number of fused-ring (bicyclic) bond motifs is 2. The normalized spacial score (nSPS) is 15.9. The van der Waals surface area contributed by atoms with E-state index in [-0.39, 0.29) is 12.3 Å². The summed E-state index contributed by atoms with van der Waals surface area (Å²) >= 11 is 0. The summed E-state index contributed by atoms with van der Waals surface area (Å²) in [5.74, 6) is -1.23. The van der Waals surface area contributed by atoms with E-state index < -0.39 is 17.4 Å². The van der Waals surface area contributed by atoms with Crippen LogP contribution in [0.3, 0.4) is 0 Å². The third kappa shape index (κ3) is 5.72. The van der Waals surface area contributed by atoms with Gasteiger partial charge in [-0.15, -0.1) is 0 Å². The van der Waals surface area contributed by atoms with Crippen molar-refractivity contribution in [2.45, 2.75) is 37.3 Å². The van der Waals surface area contributed by atoms with Crippen LogP contribution < -0.4 is 5.32 Å². The molecule has 0 spiro atoms. The molecule has 1 heterocycles. The second-order valence-corrected chi connectivity index (χ2v) is 11.2. The van der Waals surface area contributed by atoms with Crippen LogP contribution in [0.5, 0.6) is 0 Å². The largest absolute Gasteiger partial charge is 0.480 e. The summed E-state index contributed by atoms with van der Waals surface area (Å²) in [6.45, 7) is 2.29. The highest BCUT2D eigenvalue weighted by Crippen LogP contribution is 2.38. The molecule has 5 aromatic rings. The Kier molecular flexibility index (Phi) is 7.53. The van der Waals surface area contributed by atoms with E-state index in [0.717, 1.165) is 41.5 Å². The smallest absolute Gasteiger partial charge is 0.326 e. The van der Waals surface area contributed by atoms with Crippen molar-refractivity contribution >= 4 is 33.4 Å². The number of aliphatic carboxylic acids is 1. The SMILES string of the molecule is O=C(O)[C@H](Cc1ccccc1)NC(=O)C1(c2ccc3ccccc3c2)CCN(Cc2ccc3ccccc3c2)CC1. The molecule has 1 atom stereocenters. The first-order chi connectivity index (χ1) is 20.0. The molecule has 1 saturated heterocycles. The second kappa shape index (κ2) is 11.6. The van der Waals surface area contributed by atoms with Gasteiger partial charge in [0.05, 0.1) is 5.41 Å². The molecule has 5 heteroatoms. The number of hydrogen-bond acceptors (Lipinski definition) is 3. The first-order valence-electron chi connectivity index (χ1n) is 14.3. The Bertz CT molecular complexity index is 1690. The first-order valence-corrected chi connectivity index (χ1v) is 14.3. The predicted molar refractivity (Wildman–Crippen MR) is 164 cm³/mol. The van der Waals surface area contributed by atoms with Crippen LogP contribution in [-0.2, 0) is 28.0 Å². The Labute approximate surface area is 240 Å². The van der Waals surface area contributed by atoms with Crippen molar-refractivity contribution in [2.24, 2.45) is 0 Å². The summed E-state index contributed by atoms with van der Waals surface area (Å²) in [6, 6.07) is 37.8. The number of rotatable bonds is 8. The maximum absolute atomic E-state index is 14.2. The molecule has 1 aliphatic rings. The molecule has 0 aromatic heterocycles. The Morgan fingerprint density at radius 1 is 0.707 bits per heavy atom. The molecule has 206 valence electrons. The minimum atomic E-state index is -1.02. The average Bonchev–Trinajstić information content (AvgIpc) is 3.01. The van der Waals surface area contributed by atoms with Gasteiger partial charge in [-0.3, -0.25) is 9.69 Å². The molecular formula is C36H34N2O3. The van der Waals surface area contributed by atoms with Crippen LogP contribution in [0.2, 0.25) is 0 Å². The quantitative estimate of drug-likeness (QED) is 0.240. The lowest BCUT2D eigenvalue weighted by Gasteiger charge is -2.41. The van der Waals surface area contributed by atoms with Gasteiger partial charge in [-0.1, -0.05) is 109 Å². The van der Waals surface area contributed by atoms with Crippen LogP contribution in [0.1, 0.15) is 29.5 Å². The number of carboxylic acids is 1. The van der Waals surface area contributed by atoms with E-state index in [1.807, 2.05) is 48.5 Å². The van der Waals surface area contributed by atoms with Gasteiger partial charge in [0.2, 0.25) is 5.91 Å². The number of piperidine rings is 1. The average molecular weight is 543 g/mol. The molecule has 0 saturated carbocycles. The maximum atomic E-state index is 14.2. The van der Waals surface area contributed by atoms with Crippen molar-refractivity contribution in [3.63, 3.8) is 0 Å². The summed E-state index contributed by atoms with van der Waals surface area (Å²) in [6.07, 6.45) is 1.47. The molecule has 41 heavy (non-hydrogen) atoms. The number of carbonyl (C=O) groups excluding carboxylic acids is 1. The van der Waals surface area contributed by atoms with E-state index in [2.05, 4.69) is 76.9 Å². The highest BCUT2D eigenvalue weighted by atomic mass is 16.4. The second-order valence-electron chi connectivity index (χ2n) is 11.2. The fourth-order valence-electron chi connectivity index (χ4n) is 6.17. The molecule has 0 aliphatic carbocycles. The molecule has 0 unspecified atom stereocenters. The minimum absolute atomic E-state index is 0.207. The van der Waals surface area contributed by atoms with Crippen LogP contribution >= 0.6 is 0 Å². The highest BCUT2D eigenvalue weighted by Gasteiger charge is 2.44. The van der Waals surface area contributed by atoms with Crippen molar-refractivity contribution in [1.29, 1.82) is 0 Å². The molecule has 1 aliphatic heterocycles. The number of likely N-dealkylation sites (tertiary alicyclic amines) is 1. The molecule has 2 N–H and O–H groups in total. The van der Waals surface area contributed by atoms with Gasteiger partial charge < -0.3 is 10.4 Å². The van der Waals surface area contributed by atoms with Gasteiger partial charge in [-0.2, -0.15) is 0 Å². The number of carboxylic acid groups (broad SMARTS) is 1. The molecule has 5 aromatic carbocycles. The number of nitrogens with zero attached hydrogens (tertiary/aromatic N) is 1. The standard InChI is InChI=1S/C36H34N2O3/c39-34(40)33(23-26-8-2-1-3-9-26)37-35(41)36(32-17-16-29-11-5-7-13-31(29)24-32)18-20-38(21-19-36)25-27-14-15-28-10-4-6-12-30(28)22-27/h1-17,22,24,33H,18-21,23,25H2,(H,37,41)(H,39,40)/t33-/m0/s1. The third-order valence-corrected chi connectivity index (χ3v) is 8.55. The Morgan fingerprint density at radius 3 is 1.95 bits per heavy atom. The van der Waals surface area contributed by atoms with E-state index in [4.69, 9.17) is 0 Å². The van der Waals surface area contributed by atoms with Gasteiger partial charge in [0, 0.05) is 13.0 Å². The van der Waals surface area contributed by atoms with Crippen LogP contribution in [0.15, 0.2) is 115 Å². The zero-order valence-corrected chi connectivity index (χ0v) is 23.0. The van der Waals surface area contributed by atoms with Crippen LogP contribution in [0.4, 0.5) is 0 Å². The van der Waals surface area contributed by atoms with Crippen molar-refractivity contribution in [2.75, 3.05) is 13.1 Å². The number of carbonyl (C=O) groups is 2. The van der Waals surface area contributed by atoms with Crippen LogP contribution in [0.25, 0.3) is 21.5 Å². The van der Waals surface area contributed by atoms with E-state index in [9.17, 15) is 14.7 Å². The number of amides is 1. The van der Waals surface area contributed by atoms with Gasteiger partial charge in [0.25, 0.3) is 0 Å². The Morgan fingerprint density at radius 2 is 1.29 bits per heavy atom. The summed E-state index contributed by atoms with van der Waals surface area (Å²) in [5.41, 5.74) is 2.27. The summed E-state index contributed by atoms with van der Waals surface area (Å²) in [7, 11) is 0. The maximum Gasteiger partial charge on any atom is 0.326 e. The molecule has 0 bridgehead atoms. The van der Waals surface area contributed by atoms with Gasteiger partial charge in [-0.25, -0.2) is 4.79 Å². The Hall–Kier alpha value is -4.48. The van der Waals surface area contributed by atoms with Crippen molar-refractivity contribution < 1.29 is 14.7 Å². The van der Waals surface area contributed by atoms with E-state index >= 15 is 0 Å². The first kappa shape index (κ1) is 26.7. The predicted octanol–water partition coefficient (Wildman–Crippen LogP) is 6.34. The van der Waals surface area contributed by atoms with E-state index in [1.165, 1.54) is 16.3 Å². The van der Waals surface area contributed by atoms with Crippen LogP contribution in [0, 0.1) is 0 Å². The molecular weight excluding hydrogens is 508 g/mol. The fourth-order valence-corrected chi connectivity index (χ4v) is 6.17. The van der Waals surface area contributed by atoms with Crippen molar-refractivity contribution in [3.8, 4) is 0 Å². The van der Waals surface area contributed by atoms with E-state index in [0.29, 0.717) is 12.8 Å². The zero-order chi connectivity index (χ0) is 28.2. The van der Waals surface area contributed by atoms with E-state index in [1.54, 1.807) is 0 Å². The molecule has 0 radical (unpaired) electrons. The summed E-state index contributed by atoms with van der Waals surface area (Å²) in [4.78, 5) is 28.8. The Balaban J connectivity index is 1.26. The number of hydrogen-bond donors (Lipinski definition) is 2. The topological polar surface area (TPSA) is 69.6 Å². The lowest BCUT2D eigenvalue weighted by atomic mass is 9.71. The number of benzene rings is 5. The van der Waals surface area contributed by atoms with Crippen molar-refractivity contribution in [3.05, 3.63) is 132 Å². The molecule has 6 rings (SSSR count). The molecule has 5 nitrogen and oxygen atoms in total. The lowest BCUT2D eigenvalue weighted by Crippen LogP contribution is -2.55. The monoisotopic (exact) mass is 542 g/mol. The van der Waals surface area contributed by atoms with Crippen LogP contribution in [-0.4, -0.2) is 41.0 Å². The van der Waals surface area contributed by atoms with Gasteiger partial charge in [0.15, 0.2) is 0 Å². The molecule has 1 amide bonds. The fraction of sp³-hybridized carbons (Fsp3) is 0.222. The summed E-state index contributed by atoms with van der Waals surface area (Å²) in [5, 5.41) is 17.6. The van der Waals surface area contributed by atoms with Gasteiger partial charge in [-0.05, 0) is 70.2 Å². The third-order valence-electron chi connectivity index (χ3n) is 8.55. The van der Waals surface area contributed by atoms with Gasteiger partial charge >= 0.3 is 5.97 Å². The summed E-state index contributed by atoms with van der Waals surface area (Å²) < 4.78 is 0. The van der Waals surface area contributed by atoms with Crippen molar-refractivity contribution in [1.82, 2.24) is 10.2 Å². The number of nitrogens with one attached hydrogen (secondary N) is 1. The minimum Gasteiger partial charge on any atom is -0.480 e. The van der Waals surface area contributed by atoms with Gasteiger partial charge in [0.1, 0.15) is 6.04 Å². The zero-order valence-electron chi connectivity index (χ0n) is 23.0. The molecule has 1 fully saturated rings.